The molecule has 1 saturated carbocycles. The van der Waals surface area contributed by atoms with E-state index >= 15 is 0 Å². The first kappa shape index (κ1) is 17.7. The molecule has 0 spiro atoms. The number of halogens is 1. The van der Waals surface area contributed by atoms with Gasteiger partial charge in [-0.3, -0.25) is 9.59 Å². The third-order valence-electron chi connectivity index (χ3n) is 4.46. The molecule has 1 fully saturated rings. The van der Waals surface area contributed by atoms with Gasteiger partial charge in [-0.2, -0.15) is 0 Å². The quantitative estimate of drug-likeness (QED) is 0.771. The zero-order chi connectivity index (χ0) is 17.4. The Morgan fingerprint density at radius 3 is 2.52 bits per heavy atom. The molecule has 3 N–H and O–H groups in total. The molecule has 124 valence electrons. The molecule has 0 bridgehead atoms. The first-order chi connectivity index (χ1) is 10.6. The van der Waals surface area contributed by atoms with Crippen LogP contribution >= 0.6 is 15.9 Å². The van der Waals surface area contributed by atoms with Gasteiger partial charge in [0.25, 0.3) is 0 Å². The van der Waals surface area contributed by atoms with Crippen molar-refractivity contribution in [1.29, 1.82) is 0 Å². The molecule has 0 unspecified atom stereocenters. The number of amides is 2. The number of carbonyl (C=O) groups excluding carboxylic acids is 2. The minimum atomic E-state index is -0.816. The molecule has 0 heterocycles. The van der Waals surface area contributed by atoms with E-state index in [4.69, 9.17) is 5.73 Å². The van der Waals surface area contributed by atoms with Crippen molar-refractivity contribution in [3.8, 4) is 0 Å². The summed E-state index contributed by atoms with van der Waals surface area (Å²) < 4.78 is 0.838. The highest BCUT2D eigenvalue weighted by Gasteiger charge is 2.60. The van der Waals surface area contributed by atoms with Crippen molar-refractivity contribution in [1.82, 2.24) is 5.32 Å². The number of benzene rings is 1. The number of carbonyl (C=O) groups is 2. The molecule has 1 aromatic rings. The van der Waals surface area contributed by atoms with E-state index < -0.39 is 11.9 Å². The summed E-state index contributed by atoms with van der Waals surface area (Å²) in [5.41, 5.74) is 7.26. The monoisotopic (exact) mass is 378 g/mol. The van der Waals surface area contributed by atoms with Gasteiger partial charge in [0.05, 0.1) is 5.92 Å². The molecule has 2 rings (SSSR count). The third-order valence-corrected chi connectivity index (χ3v) is 4.95. The summed E-state index contributed by atoms with van der Waals surface area (Å²) in [6.07, 6.45) is 2.13. The summed E-state index contributed by atoms with van der Waals surface area (Å²) in [6.45, 7) is 8.19. The van der Waals surface area contributed by atoms with Crippen molar-refractivity contribution in [3.63, 3.8) is 0 Å². The summed E-state index contributed by atoms with van der Waals surface area (Å²) in [6, 6.07) is 6.43. The van der Waals surface area contributed by atoms with E-state index in [0.717, 1.165) is 4.47 Å². The molecule has 1 aromatic carbocycles. The lowest BCUT2D eigenvalue weighted by Gasteiger charge is -2.16. The van der Waals surface area contributed by atoms with E-state index in [1.165, 1.54) is 5.57 Å². The van der Waals surface area contributed by atoms with Crippen molar-refractivity contribution >= 4 is 27.7 Å². The second kappa shape index (κ2) is 6.48. The summed E-state index contributed by atoms with van der Waals surface area (Å²) >= 11 is 3.37. The van der Waals surface area contributed by atoms with E-state index in [1.54, 1.807) is 12.1 Å². The van der Waals surface area contributed by atoms with Crippen LogP contribution < -0.4 is 11.1 Å². The van der Waals surface area contributed by atoms with Crippen molar-refractivity contribution < 1.29 is 9.59 Å². The van der Waals surface area contributed by atoms with Crippen LogP contribution in [0, 0.1) is 17.3 Å². The van der Waals surface area contributed by atoms with E-state index in [0.29, 0.717) is 5.56 Å². The molecule has 1 aliphatic carbocycles. The van der Waals surface area contributed by atoms with Crippen LogP contribution in [0.25, 0.3) is 0 Å². The maximum Gasteiger partial charge on any atom is 0.244 e. The standard InChI is InChI=1S/C18H23BrN2O2/c1-10(2)8-13-14(18(13,3)4)17(23)21-15(16(20)22)11-6-5-7-12(19)9-11/h5-9,13-15H,1-4H3,(H2,20,22)(H,21,23)/t13-,14+,15-/m1/s1. The second-order valence-electron chi connectivity index (χ2n) is 6.97. The van der Waals surface area contributed by atoms with Gasteiger partial charge in [-0.1, -0.05) is 53.6 Å². The molecule has 23 heavy (non-hydrogen) atoms. The van der Waals surface area contributed by atoms with Crippen molar-refractivity contribution in [2.45, 2.75) is 33.7 Å². The molecular formula is C18H23BrN2O2. The number of hydrogen-bond donors (Lipinski definition) is 2. The van der Waals surface area contributed by atoms with E-state index in [-0.39, 0.29) is 23.2 Å². The van der Waals surface area contributed by atoms with Crippen LogP contribution in [-0.4, -0.2) is 11.8 Å². The van der Waals surface area contributed by atoms with Gasteiger partial charge in [0.1, 0.15) is 6.04 Å². The number of nitrogens with one attached hydrogen (secondary N) is 1. The highest BCUT2D eigenvalue weighted by molar-refractivity contribution is 9.10. The first-order valence-corrected chi connectivity index (χ1v) is 8.44. The minimum Gasteiger partial charge on any atom is -0.368 e. The second-order valence-corrected chi connectivity index (χ2v) is 7.88. The Morgan fingerprint density at radius 1 is 1.35 bits per heavy atom. The van der Waals surface area contributed by atoms with Crippen molar-refractivity contribution in [2.24, 2.45) is 23.0 Å². The van der Waals surface area contributed by atoms with Gasteiger partial charge in [-0.25, -0.2) is 0 Å². The fourth-order valence-electron chi connectivity index (χ4n) is 3.09. The molecule has 3 atom stereocenters. The van der Waals surface area contributed by atoms with Crippen LogP contribution in [0.5, 0.6) is 0 Å². The van der Waals surface area contributed by atoms with Gasteiger partial charge in [0.15, 0.2) is 0 Å². The Hall–Kier alpha value is -1.62. The van der Waals surface area contributed by atoms with Gasteiger partial charge in [-0.05, 0) is 42.9 Å². The molecule has 0 aliphatic heterocycles. The van der Waals surface area contributed by atoms with Crippen LogP contribution in [0.15, 0.2) is 40.4 Å². The van der Waals surface area contributed by atoms with Gasteiger partial charge < -0.3 is 11.1 Å². The van der Waals surface area contributed by atoms with Gasteiger partial charge in [0.2, 0.25) is 11.8 Å². The fraction of sp³-hybridized carbons (Fsp3) is 0.444. The van der Waals surface area contributed by atoms with Gasteiger partial charge in [0, 0.05) is 4.47 Å². The van der Waals surface area contributed by atoms with Gasteiger partial charge in [-0.15, -0.1) is 0 Å². The molecule has 0 aromatic heterocycles. The molecule has 1 aliphatic rings. The molecule has 0 radical (unpaired) electrons. The Labute approximate surface area is 145 Å². The predicted octanol–water partition coefficient (Wildman–Crippen LogP) is 3.33. The van der Waals surface area contributed by atoms with E-state index in [1.807, 2.05) is 26.0 Å². The SMILES string of the molecule is CC(C)=C[C@@H]1[C@@H](C(=O)N[C@@H](C(N)=O)c2cccc(Br)c2)C1(C)C. The normalized spacial score (nSPS) is 22.8. The maximum absolute atomic E-state index is 12.6. The van der Waals surface area contributed by atoms with Crippen molar-refractivity contribution in [2.75, 3.05) is 0 Å². The van der Waals surface area contributed by atoms with Crippen molar-refractivity contribution in [3.05, 3.63) is 46.0 Å². The maximum atomic E-state index is 12.6. The average molecular weight is 379 g/mol. The zero-order valence-electron chi connectivity index (χ0n) is 13.9. The lowest BCUT2D eigenvalue weighted by atomic mass is 10.0. The Morgan fingerprint density at radius 2 is 2.00 bits per heavy atom. The van der Waals surface area contributed by atoms with Crippen LogP contribution in [0.4, 0.5) is 0 Å². The van der Waals surface area contributed by atoms with E-state index in [9.17, 15) is 9.59 Å². The van der Waals surface area contributed by atoms with E-state index in [2.05, 4.69) is 41.2 Å². The highest BCUT2D eigenvalue weighted by atomic mass is 79.9. The number of hydrogen-bond acceptors (Lipinski definition) is 2. The fourth-order valence-corrected chi connectivity index (χ4v) is 3.50. The Bertz CT molecular complexity index is 663. The number of primary amides is 1. The van der Waals surface area contributed by atoms with Crippen LogP contribution in [0.2, 0.25) is 0 Å². The highest BCUT2D eigenvalue weighted by Crippen LogP contribution is 2.59. The summed E-state index contributed by atoms with van der Waals surface area (Å²) in [5, 5.41) is 2.82. The van der Waals surface area contributed by atoms with Gasteiger partial charge >= 0.3 is 0 Å². The topological polar surface area (TPSA) is 72.2 Å². The summed E-state index contributed by atoms with van der Waals surface area (Å²) in [7, 11) is 0. The molecular weight excluding hydrogens is 356 g/mol. The Balaban J connectivity index is 2.17. The average Bonchev–Trinajstić information content (AvgIpc) is 2.95. The molecule has 5 heteroatoms. The lowest BCUT2D eigenvalue weighted by molar-refractivity contribution is -0.128. The van der Waals surface area contributed by atoms with Crippen LogP contribution in [-0.2, 0) is 9.59 Å². The first-order valence-electron chi connectivity index (χ1n) is 7.64. The smallest absolute Gasteiger partial charge is 0.244 e. The third kappa shape index (κ3) is 3.83. The summed E-state index contributed by atoms with van der Waals surface area (Å²) in [5.74, 6) is -0.620. The molecule has 0 saturated heterocycles. The van der Waals surface area contributed by atoms with Crippen LogP contribution in [0.1, 0.15) is 39.3 Å². The number of rotatable bonds is 5. The molecule has 2 amide bonds. The lowest BCUT2D eigenvalue weighted by Crippen LogP contribution is -2.39. The summed E-state index contributed by atoms with van der Waals surface area (Å²) in [4.78, 5) is 24.4. The van der Waals surface area contributed by atoms with Crippen LogP contribution in [0.3, 0.4) is 0 Å². The molecule has 4 nitrogen and oxygen atoms in total. The Kier molecular flexibility index (Phi) is 4.99. The number of nitrogens with two attached hydrogens (primary N) is 1. The predicted molar refractivity (Wildman–Crippen MR) is 94.4 cm³/mol. The zero-order valence-corrected chi connectivity index (χ0v) is 15.5. The largest absolute Gasteiger partial charge is 0.368 e. The minimum absolute atomic E-state index is 0.0964. The number of allylic oxidation sites excluding steroid dienone is 2.